The van der Waals surface area contributed by atoms with Crippen LogP contribution in [0, 0.1) is 0 Å². The van der Waals surface area contributed by atoms with Gasteiger partial charge in [0.2, 0.25) is 0 Å². The van der Waals surface area contributed by atoms with Crippen LogP contribution in [0.15, 0.2) is 70.9 Å². The highest BCUT2D eigenvalue weighted by Gasteiger charge is 2.23. The van der Waals surface area contributed by atoms with Gasteiger partial charge in [-0.1, -0.05) is 99.9 Å². The van der Waals surface area contributed by atoms with Crippen molar-refractivity contribution in [3.8, 4) is 0 Å². The van der Waals surface area contributed by atoms with Crippen LogP contribution in [0.1, 0.15) is 28.8 Å². The van der Waals surface area contributed by atoms with E-state index in [0.717, 1.165) is 17.0 Å². The number of carbonyl (C=O) groups excluding carboxylic acids is 1. The van der Waals surface area contributed by atoms with Crippen molar-refractivity contribution in [1.82, 2.24) is 9.35 Å². The maximum atomic E-state index is 13.1. The minimum Gasteiger partial charge on any atom is -0.328 e. The van der Waals surface area contributed by atoms with Gasteiger partial charge in [-0.2, -0.15) is 10.2 Å². The zero-order chi connectivity index (χ0) is 23.9. The molecule has 0 saturated heterocycles. The summed E-state index contributed by atoms with van der Waals surface area (Å²) in [6.07, 6.45) is 0.813. The summed E-state index contributed by atoms with van der Waals surface area (Å²) >= 11 is 0. The van der Waals surface area contributed by atoms with Crippen LogP contribution >= 0.6 is 0 Å². The summed E-state index contributed by atoms with van der Waals surface area (Å²) in [6, 6.07) is 19.7. The average Bonchev–Trinajstić information content (AvgIpc) is 2.73. The van der Waals surface area contributed by atoms with E-state index in [2.05, 4.69) is 67.8 Å². The summed E-state index contributed by atoms with van der Waals surface area (Å²) in [5.74, 6) is 0.0827. The Hall–Kier alpha value is -2.52. The molecule has 0 amide bonds. The molecule has 2 aromatic carbocycles. The number of nitrogens with zero attached hydrogens (tertiary/aromatic N) is 4. The molecule has 0 aliphatic rings. The maximum absolute atomic E-state index is 13.1. The number of hydrazone groups is 2. The van der Waals surface area contributed by atoms with Crippen LogP contribution in [0.5, 0.6) is 0 Å². The summed E-state index contributed by atoms with van der Waals surface area (Å²) < 4.78 is 4.19. The third kappa shape index (κ3) is 7.87. The Kier molecular flexibility index (Phi) is 8.75. The molecule has 0 heterocycles. The SMILES string of the molecule is CN(N=C(CC(=O)c1ccccc1)CC(=NN(C)[Si](C)(C)C)c1ccccc1)[Si](C)(C)C. The summed E-state index contributed by atoms with van der Waals surface area (Å²) in [5, 5.41) is 9.97. The highest BCUT2D eigenvalue weighted by atomic mass is 28.3. The number of Topliss-reactive ketones (excluding diaryl/α,β-unsaturated/α-hetero) is 1. The summed E-state index contributed by atoms with van der Waals surface area (Å²) in [6.45, 7) is 13.6. The molecule has 172 valence electrons. The molecule has 0 N–H and O–H groups in total. The topological polar surface area (TPSA) is 48.3 Å². The van der Waals surface area contributed by atoms with Crippen molar-refractivity contribution in [3.63, 3.8) is 0 Å². The van der Waals surface area contributed by atoms with Crippen molar-refractivity contribution < 1.29 is 4.79 Å². The molecule has 0 saturated carbocycles. The number of hydrogen-bond acceptors (Lipinski definition) is 5. The van der Waals surface area contributed by atoms with Crippen LogP contribution in [0.3, 0.4) is 0 Å². The van der Waals surface area contributed by atoms with Crippen LogP contribution in [-0.4, -0.2) is 57.1 Å². The maximum Gasteiger partial charge on any atom is 0.168 e. The number of ketones is 1. The van der Waals surface area contributed by atoms with E-state index in [-0.39, 0.29) is 12.2 Å². The van der Waals surface area contributed by atoms with E-state index in [1.165, 1.54) is 0 Å². The van der Waals surface area contributed by atoms with Gasteiger partial charge >= 0.3 is 0 Å². The fourth-order valence-corrected chi connectivity index (χ4v) is 3.62. The Morgan fingerprint density at radius 1 is 0.688 bits per heavy atom. The summed E-state index contributed by atoms with van der Waals surface area (Å²) in [4.78, 5) is 13.1. The smallest absolute Gasteiger partial charge is 0.168 e. The lowest BCUT2D eigenvalue weighted by molar-refractivity contribution is 0.1000. The van der Waals surface area contributed by atoms with Gasteiger partial charge in [0.25, 0.3) is 0 Å². The van der Waals surface area contributed by atoms with Gasteiger partial charge in [0.05, 0.1) is 17.8 Å². The molecule has 7 heteroatoms. The second kappa shape index (κ2) is 10.9. The van der Waals surface area contributed by atoms with E-state index in [0.29, 0.717) is 12.0 Å². The molecule has 32 heavy (non-hydrogen) atoms. The number of hydrogen-bond donors (Lipinski definition) is 0. The largest absolute Gasteiger partial charge is 0.328 e. The van der Waals surface area contributed by atoms with Gasteiger partial charge in [-0.15, -0.1) is 0 Å². The fraction of sp³-hybridized carbons (Fsp3) is 0.400. The molecule has 0 radical (unpaired) electrons. The first-order valence-electron chi connectivity index (χ1n) is 11.1. The Morgan fingerprint density at radius 2 is 1.12 bits per heavy atom. The highest BCUT2D eigenvalue weighted by Crippen LogP contribution is 2.16. The summed E-state index contributed by atoms with van der Waals surface area (Å²) in [5.41, 5.74) is 3.57. The van der Waals surface area contributed by atoms with Gasteiger partial charge in [0.1, 0.15) is 0 Å². The minimum absolute atomic E-state index is 0.0827. The second-order valence-corrected chi connectivity index (χ2v) is 20.1. The van der Waals surface area contributed by atoms with E-state index < -0.39 is 16.5 Å². The molecular weight excluding hydrogens is 428 g/mol. The quantitative estimate of drug-likeness (QED) is 0.188. The van der Waals surface area contributed by atoms with Crippen LogP contribution in [0.2, 0.25) is 39.3 Å². The zero-order valence-corrected chi connectivity index (χ0v) is 22.9. The van der Waals surface area contributed by atoms with Gasteiger partial charge in [0.15, 0.2) is 22.3 Å². The van der Waals surface area contributed by atoms with Crippen molar-refractivity contribution in [1.29, 1.82) is 0 Å². The average molecular weight is 467 g/mol. The Labute approximate surface area is 196 Å². The molecule has 0 aliphatic heterocycles. The highest BCUT2D eigenvalue weighted by molar-refractivity contribution is 6.73. The second-order valence-electron chi connectivity index (χ2n) is 10.1. The Bertz CT molecular complexity index is 945. The number of rotatable bonds is 10. The van der Waals surface area contributed by atoms with Gasteiger partial charge in [0, 0.05) is 26.1 Å². The molecule has 0 aromatic heterocycles. The first kappa shape index (κ1) is 25.7. The van der Waals surface area contributed by atoms with Gasteiger partial charge in [-0.25, -0.2) is 0 Å². The Morgan fingerprint density at radius 3 is 1.59 bits per heavy atom. The number of benzene rings is 2. The van der Waals surface area contributed by atoms with Crippen LogP contribution < -0.4 is 0 Å². The first-order valence-corrected chi connectivity index (χ1v) is 18.0. The molecule has 5 nitrogen and oxygen atoms in total. The van der Waals surface area contributed by atoms with Crippen molar-refractivity contribution in [2.75, 3.05) is 14.1 Å². The van der Waals surface area contributed by atoms with Crippen LogP contribution in [0.25, 0.3) is 0 Å². The zero-order valence-electron chi connectivity index (χ0n) is 20.9. The van der Waals surface area contributed by atoms with Crippen LogP contribution in [0.4, 0.5) is 0 Å². The summed E-state index contributed by atoms with van der Waals surface area (Å²) in [7, 11) is 0.798. The monoisotopic (exact) mass is 466 g/mol. The molecule has 0 spiro atoms. The predicted molar refractivity (Wildman–Crippen MR) is 143 cm³/mol. The van der Waals surface area contributed by atoms with E-state index in [1.54, 1.807) is 0 Å². The van der Waals surface area contributed by atoms with E-state index in [9.17, 15) is 4.79 Å². The van der Waals surface area contributed by atoms with Gasteiger partial charge in [-0.3, -0.25) is 4.79 Å². The minimum atomic E-state index is -1.65. The molecule has 0 aliphatic carbocycles. The van der Waals surface area contributed by atoms with E-state index >= 15 is 0 Å². The van der Waals surface area contributed by atoms with Crippen molar-refractivity contribution in [2.24, 2.45) is 10.2 Å². The third-order valence-corrected chi connectivity index (χ3v) is 9.53. The molecule has 0 bridgehead atoms. The Balaban J connectivity index is 2.46. The van der Waals surface area contributed by atoms with E-state index in [1.807, 2.05) is 55.6 Å². The predicted octanol–water partition coefficient (Wildman–Crippen LogP) is 5.94. The van der Waals surface area contributed by atoms with Crippen molar-refractivity contribution >= 4 is 33.7 Å². The standard InChI is InChI=1S/C25H38N4OSi2/c1-28(31(3,4)5)26-23(20-25(30)22-17-13-10-14-18-22)19-24(21-15-11-9-12-16-21)27-29(2)32(6,7)8/h9-18H,19-20H2,1-8H3. The van der Waals surface area contributed by atoms with Gasteiger partial charge < -0.3 is 9.35 Å². The molecular formula is C25H38N4OSi2. The molecule has 0 unspecified atom stereocenters. The normalized spacial score (nSPS) is 13.1. The van der Waals surface area contributed by atoms with E-state index in [4.69, 9.17) is 10.2 Å². The van der Waals surface area contributed by atoms with Crippen molar-refractivity contribution in [2.45, 2.75) is 52.1 Å². The lowest BCUT2D eigenvalue weighted by Crippen LogP contribution is -2.41. The van der Waals surface area contributed by atoms with Gasteiger partial charge in [-0.05, 0) is 5.56 Å². The number of carbonyl (C=O) groups is 1. The third-order valence-electron chi connectivity index (χ3n) is 5.44. The molecule has 2 aromatic rings. The van der Waals surface area contributed by atoms with Crippen LogP contribution in [-0.2, 0) is 0 Å². The fourth-order valence-electron chi connectivity index (χ4n) is 2.76. The lowest BCUT2D eigenvalue weighted by Gasteiger charge is -2.29. The molecule has 2 rings (SSSR count). The molecule has 0 atom stereocenters. The molecule has 0 fully saturated rings. The lowest BCUT2D eigenvalue weighted by atomic mass is 9.99. The van der Waals surface area contributed by atoms with Crippen molar-refractivity contribution in [3.05, 3.63) is 71.8 Å². The first-order chi connectivity index (χ1) is 14.9.